The van der Waals surface area contributed by atoms with Crippen LogP contribution in [-0.4, -0.2) is 23.6 Å². The second-order valence-electron chi connectivity index (χ2n) is 4.11. The largest absolute Gasteiger partial charge is 0.460 e. The molecule has 20 heavy (non-hydrogen) atoms. The minimum absolute atomic E-state index is 0.437. The number of hydrogen-bond acceptors (Lipinski definition) is 5. The summed E-state index contributed by atoms with van der Waals surface area (Å²) in [5.41, 5.74) is 0.847. The Balaban J connectivity index is 2.46. The van der Waals surface area contributed by atoms with E-state index in [1.165, 1.54) is 0 Å². The lowest BCUT2D eigenvalue weighted by Crippen LogP contribution is -2.09. The number of furan rings is 1. The van der Waals surface area contributed by atoms with Gasteiger partial charge >= 0.3 is 0 Å². The van der Waals surface area contributed by atoms with Gasteiger partial charge in [-0.3, -0.25) is 0 Å². The Kier molecular flexibility index (Phi) is 5.79. The van der Waals surface area contributed by atoms with Crippen LogP contribution in [0.15, 0.2) is 21.2 Å². The van der Waals surface area contributed by atoms with E-state index in [0.29, 0.717) is 18.2 Å². The second kappa shape index (κ2) is 7.37. The number of ether oxygens (including phenoxy) is 1. The first kappa shape index (κ1) is 15.7. The summed E-state index contributed by atoms with van der Waals surface area (Å²) < 4.78 is 12.5. The molecular weight excluding hydrogens is 437 g/mol. The Morgan fingerprint density at radius 3 is 2.85 bits per heavy atom. The van der Waals surface area contributed by atoms with Gasteiger partial charge in [0, 0.05) is 13.7 Å². The molecule has 2 rings (SSSR count). The van der Waals surface area contributed by atoms with E-state index in [0.717, 1.165) is 32.5 Å². The number of nitrogens with zero attached hydrogens (tertiary/aromatic N) is 2. The van der Waals surface area contributed by atoms with Crippen molar-refractivity contribution in [2.24, 2.45) is 0 Å². The number of rotatable bonds is 6. The van der Waals surface area contributed by atoms with Crippen LogP contribution in [0.2, 0.25) is 0 Å². The zero-order chi connectivity index (χ0) is 14.5. The average molecular weight is 452 g/mol. The number of anilines is 1. The van der Waals surface area contributed by atoms with Crippen LogP contribution >= 0.6 is 38.5 Å². The molecule has 5 nitrogen and oxygen atoms in total. The first-order chi connectivity index (χ1) is 9.67. The highest BCUT2D eigenvalue weighted by Gasteiger charge is 2.16. The predicted octanol–water partition coefficient (Wildman–Crippen LogP) is 4.07. The van der Waals surface area contributed by atoms with E-state index in [1.54, 1.807) is 13.4 Å². The molecule has 2 aromatic rings. The smallest absolute Gasteiger partial charge is 0.199 e. The molecule has 0 aliphatic carbocycles. The third kappa shape index (κ3) is 3.50. The zero-order valence-electron chi connectivity index (χ0n) is 11.2. The molecule has 0 unspecified atom stereocenters. The molecule has 0 spiro atoms. The topological polar surface area (TPSA) is 60.2 Å². The maximum atomic E-state index is 5.44. The molecule has 0 atom stereocenters. The van der Waals surface area contributed by atoms with Gasteiger partial charge in [0.15, 0.2) is 11.6 Å². The molecule has 1 N–H and O–H groups in total. The van der Waals surface area contributed by atoms with Gasteiger partial charge in [0.2, 0.25) is 0 Å². The molecule has 0 aliphatic rings. The van der Waals surface area contributed by atoms with Crippen LogP contribution in [0.4, 0.5) is 5.82 Å². The first-order valence-corrected chi connectivity index (χ1v) is 8.07. The van der Waals surface area contributed by atoms with Gasteiger partial charge in [-0.05, 0) is 51.0 Å². The van der Waals surface area contributed by atoms with Gasteiger partial charge < -0.3 is 14.5 Å². The van der Waals surface area contributed by atoms with Gasteiger partial charge in [-0.1, -0.05) is 6.92 Å². The Bertz CT molecular complexity index is 589. The summed E-state index contributed by atoms with van der Waals surface area (Å²) in [5.74, 6) is 1.99. The number of aromatic nitrogens is 2. The molecule has 0 saturated carbocycles. The molecule has 0 aromatic carbocycles. The summed E-state index contributed by atoms with van der Waals surface area (Å²) >= 11 is 5.67. The number of methoxy groups -OCH3 is 1. The molecule has 0 amide bonds. The van der Waals surface area contributed by atoms with Crippen LogP contribution in [0.3, 0.4) is 0 Å². The van der Waals surface area contributed by atoms with Crippen molar-refractivity contribution < 1.29 is 9.15 Å². The van der Waals surface area contributed by atoms with Crippen LogP contribution < -0.4 is 5.32 Å². The van der Waals surface area contributed by atoms with E-state index in [1.807, 2.05) is 6.07 Å². The van der Waals surface area contributed by atoms with Crippen LogP contribution in [0.5, 0.6) is 0 Å². The average Bonchev–Trinajstić information content (AvgIpc) is 2.86. The molecule has 2 heterocycles. The molecule has 0 saturated heterocycles. The highest BCUT2D eigenvalue weighted by Crippen LogP contribution is 2.30. The normalized spacial score (nSPS) is 10.8. The van der Waals surface area contributed by atoms with Gasteiger partial charge in [-0.15, -0.1) is 0 Å². The standard InChI is InChI=1S/C13H15BrIN3O2/c1-3-5-16-12-10(15)9(7-19-2)17-13(18-12)11-8(14)4-6-20-11/h4,6H,3,5,7H2,1-2H3,(H,16,17,18). The van der Waals surface area contributed by atoms with Crippen molar-refractivity contribution >= 4 is 44.3 Å². The molecule has 0 radical (unpaired) electrons. The molecule has 0 bridgehead atoms. The van der Waals surface area contributed by atoms with Crippen LogP contribution in [0.1, 0.15) is 19.0 Å². The lowest BCUT2D eigenvalue weighted by atomic mass is 10.3. The van der Waals surface area contributed by atoms with Gasteiger partial charge in [-0.2, -0.15) is 0 Å². The van der Waals surface area contributed by atoms with Crippen molar-refractivity contribution in [2.75, 3.05) is 19.0 Å². The van der Waals surface area contributed by atoms with E-state index >= 15 is 0 Å². The molecule has 0 aliphatic heterocycles. The minimum Gasteiger partial charge on any atom is -0.460 e. The highest BCUT2D eigenvalue weighted by molar-refractivity contribution is 14.1. The first-order valence-electron chi connectivity index (χ1n) is 6.20. The molecule has 0 fully saturated rings. The molecule has 7 heteroatoms. The van der Waals surface area contributed by atoms with Crippen molar-refractivity contribution in [1.29, 1.82) is 0 Å². The Labute approximate surface area is 139 Å². The lowest BCUT2D eigenvalue weighted by Gasteiger charge is -2.11. The third-order valence-electron chi connectivity index (χ3n) is 2.56. The van der Waals surface area contributed by atoms with Gasteiger partial charge in [-0.25, -0.2) is 9.97 Å². The Morgan fingerprint density at radius 2 is 2.25 bits per heavy atom. The third-order valence-corrected chi connectivity index (χ3v) is 4.32. The quantitative estimate of drug-likeness (QED) is 0.670. The second-order valence-corrected chi connectivity index (χ2v) is 6.05. The Hall–Kier alpha value is -0.670. The fourth-order valence-electron chi connectivity index (χ4n) is 1.64. The van der Waals surface area contributed by atoms with E-state index in [2.05, 4.69) is 60.7 Å². The van der Waals surface area contributed by atoms with Crippen molar-refractivity contribution in [3.05, 3.63) is 26.1 Å². The molecule has 108 valence electrons. The summed E-state index contributed by atoms with van der Waals surface area (Å²) in [6.07, 6.45) is 2.63. The van der Waals surface area contributed by atoms with Crippen molar-refractivity contribution in [3.63, 3.8) is 0 Å². The summed E-state index contributed by atoms with van der Waals surface area (Å²) in [6.45, 7) is 3.41. The molecular formula is C13H15BrIN3O2. The van der Waals surface area contributed by atoms with Crippen molar-refractivity contribution in [1.82, 2.24) is 9.97 Å². The number of hydrogen-bond donors (Lipinski definition) is 1. The van der Waals surface area contributed by atoms with E-state index in [4.69, 9.17) is 9.15 Å². The summed E-state index contributed by atoms with van der Waals surface area (Å²) in [5, 5.41) is 3.31. The number of halogens is 2. The van der Waals surface area contributed by atoms with Crippen molar-refractivity contribution in [3.8, 4) is 11.6 Å². The SMILES string of the molecule is CCCNc1nc(-c2occc2Br)nc(COC)c1I. The minimum atomic E-state index is 0.437. The summed E-state index contributed by atoms with van der Waals surface area (Å²) in [4.78, 5) is 9.07. The van der Waals surface area contributed by atoms with E-state index in [9.17, 15) is 0 Å². The maximum absolute atomic E-state index is 5.44. The van der Waals surface area contributed by atoms with Gasteiger partial charge in [0.25, 0.3) is 0 Å². The van der Waals surface area contributed by atoms with Crippen molar-refractivity contribution in [2.45, 2.75) is 20.0 Å². The maximum Gasteiger partial charge on any atom is 0.199 e. The van der Waals surface area contributed by atoms with Gasteiger partial charge in [0.1, 0.15) is 5.82 Å². The fraction of sp³-hybridized carbons (Fsp3) is 0.385. The van der Waals surface area contributed by atoms with Crippen LogP contribution in [0, 0.1) is 3.57 Å². The lowest BCUT2D eigenvalue weighted by molar-refractivity contribution is 0.181. The zero-order valence-corrected chi connectivity index (χ0v) is 15.0. The Morgan fingerprint density at radius 1 is 1.45 bits per heavy atom. The molecule has 2 aromatic heterocycles. The van der Waals surface area contributed by atoms with Gasteiger partial charge in [0.05, 0.1) is 26.6 Å². The summed E-state index contributed by atoms with van der Waals surface area (Å²) in [6, 6.07) is 1.83. The summed E-state index contributed by atoms with van der Waals surface area (Å²) in [7, 11) is 1.65. The van der Waals surface area contributed by atoms with Crippen LogP contribution in [-0.2, 0) is 11.3 Å². The van der Waals surface area contributed by atoms with E-state index < -0.39 is 0 Å². The van der Waals surface area contributed by atoms with Crippen LogP contribution in [0.25, 0.3) is 11.6 Å². The van der Waals surface area contributed by atoms with E-state index in [-0.39, 0.29) is 0 Å². The fourth-order valence-corrected chi connectivity index (χ4v) is 2.61. The monoisotopic (exact) mass is 451 g/mol. The number of nitrogens with one attached hydrogen (secondary N) is 1. The predicted molar refractivity (Wildman–Crippen MR) is 89.6 cm³/mol. The highest BCUT2D eigenvalue weighted by atomic mass is 127.